The number of carbonyl (C=O) groups is 11. The molecule has 0 atom stereocenters. The molecule has 23 nitrogen and oxygen atoms in total. The topological polar surface area (TPSA) is 299 Å². The highest BCUT2D eigenvalue weighted by molar-refractivity contribution is 6.00. The summed E-state index contributed by atoms with van der Waals surface area (Å²) in [6, 6.07) is 2.66. The van der Waals surface area contributed by atoms with Gasteiger partial charge in [-0.25, -0.2) is 52.7 Å². The van der Waals surface area contributed by atoms with Gasteiger partial charge in [-0.1, -0.05) is 58.7 Å². The van der Waals surface area contributed by atoms with Crippen LogP contribution in [0.2, 0.25) is 0 Å². The minimum atomic E-state index is -1.85. The Bertz CT molecular complexity index is 2080. The van der Waals surface area contributed by atoms with Gasteiger partial charge in [0.05, 0.1) is 35.3 Å². The predicted molar refractivity (Wildman–Crippen MR) is 255 cm³/mol. The highest BCUT2D eigenvalue weighted by atomic mass is 16.6. The number of hydrogen-bond acceptors (Lipinski definition) is 23. The summed E-state index contributed by atoms with van der Waals surface area (Å²) in [6.45, 7) is 21.5. The third-order valence-electron chi connectivity index (χ3n) is 9.31. The van der Waals surface area contributed by atoms with Crippen LogP contribution in [0, 0.1) is 16.2 Å². The quantitative estimate of drug-likeness (QED) is 0.0304. The maximum absolute atomic E-state index is 14.1. The van der Waals surface area contributed by atoms with Crippen molar-refractivity contribution in [3.63, 3.8) is 0 Å². The van der Waals surface area contributed by atoms with Crippen LogP contribution in [0.15, 0.2) is 132 Å². The minimum Gasteiger partial charge on any atom is -0.462 e. The molecule has 0 bridgehead atoms. The van der Waals surface area contributed by atoms with E-state index in [4.69, 9.17) is 56.8 Å². The second-order valence-electron chi connectivity index (χ2n) is 15.3. The summed E-state index contributed by atoms with van der Waals surface area (Å²) in [7, 11) is 0. The van der Waals surface area contributed by atoms with Crippen molar-refractivity contribution in [2.24, 2.45) is 16.2 Å². The lowest BCUT2D eigenvalue weighted by Gasteiger charge is -2.31. The van der Waals surface area contributed by atoms with Crippen molar-refractivity contribution < 1.29 is 110 Å². The Kier molecular flexibility index (Phi) is 27.9. The Morgan fingerprint density at radius 1 is 0.297 bits per heavy atom. The van der Waals surface area contributed by atoms with Gasteiger partial charge in [0, 0.05) is 48.6 Å². The monoisotopic (exact) mass is 1040 g/mol. The third kappa shape index (κ3) is 22.8. The van der Waals surface area contributed by atoms with Crippen LogP contribution in [0.25, 0.3) is 0 Å². The van der Waals surface area contributed by atoms with E-state index in [1.54, 1.807) is 0 Å². The van der Waals surface area contributed by atoms with Gasteiger partial charge < -0.3 is 56.8 Å². The summed E-state index contributed by atoms with van der Waals surface area (Å²) in [5.74, 6) is -11.7. The summed E-state index contributed by atoms with van der Waals surface area (Å²) in [4.78, 5) is 140. The maximum atomic E-state index is 14.1. The van der Waals surface area contributed by atoms with Crippen LogP contribution in [0.5, 0.6) is 0 Å². The highest BCUT2D eigenvalue weighted by Gasteiger charge is 2.40. The van der Waals surface area contributed by atoms with Crippen LogP contribution in [-0.4, -0.2) is 152 Å². The van der Waals surface area contributed by atoms with Gasteiger partial charge in [0.25, 0.3) is 0 Å². The number of benzene rings is 1. The Morgan fingerprint density at radius 3 is 0.649 bits per heavy atom. The molecule has 0 unspecified atom stereocenters. The van der Waals surface area contributed by atoms with Crippen LogP contribution in [0.3, 0.4) is 0 Å². The third-order valence-corrected chi connectivity index (χ3v) is 9.31. The lowest BCUT2D eigenvalue weighted by atomic mass is 9.92. The van der Waals surface area contributed by atoms with Crippen molar-refractivity contribution in [2.45, 2.75) is 0 Å². The largest absolute Gasteiger partial charge is 0.462 e. The van der Waals surface area contributed by atoms with E-state index in [1.165, 1.54) is 6.08 Å². The number of hydrogen-bond donors (Lipinski definition) is 0. The molecular weight excluding hydrogens is 981 g/mol. The van der Waals surface area contributed by atoms with Gasteiger partial charge in [-0.3, -0.25) is 0 Å². The van der Waals surface area contributed by atoms with Crippen LogP contribution < -0.4 is 0 Å². The van der Waals surface area contributed by atoms with E-state index < -0.39 is 178 Å². The van der Waals surface area contributed by atoms with Gasteiger partial charge >= 0.3 is 65.7 Å². The molecule has 0 aliphatic carbocycles. The van der Waals surface area contributed by atoms with Gasteiger partial charge in [0.15, 0.2) is 0 Å². The van der Waals surface area contributed by atoms with Crippen molar-refractivity contribution >= 4 is 65.7 Å². The second-order valence-corrected chi connectivity index (χ2v) is 15.3. The lowest BCUT2D eigenvalue weighted by molar-refractivity contribution is -0.161. The van der Waals surface area contributed by atoms with Gasteiger partial charge in [-0.15, -0.1) is 6.58 Å². The van der Waals surface area contributed by atoms with Crippen LogP contribution in [0.1, 0.15) is 31.1 Å². The fourth-order valence-electron chi connectivity index (χ4n) is 5.26. The molecular formula is C51H56O23. The van der Waals surface area contributed by atoms with Crippen molar-refractivity contribution in [2.75, 3.05) is 85.9 Å². The standard InChI is InChI=1S/C51H56O23/c1-10-19-63-23-49(24-64-38(52)11-2,25-65-39(53)12-3)32-72-46(60)35-20-36(47(61)73-33-50(26-66-40(54)13-4,27-67-41(55)14-5)28-68-42(56)15-6)22-37(21-35)48(62)74-34-51(29-69-43(57)16-7,30-70-44(58)17-8)31-71-45(59)18-9/h10-18,20-22H,1-9,19,23-34H2. The summed E-state index contributed by atoms with van der Waals surface area (Å²) in [5, 5.41) is 0. The zero-order valence-electron chi connectivity index (χ0n) is 40.4. The molecule has 0 saturated carbocycles. The molecule has 0 amide bonds. The Labute approximate surface area is 425 Å². The first-order valence-corrected chi connectivity index (χ1v) is 21.4. The summed E-state index contributed by atoms with van der Waals surface area (Å²) in [5.41, 5.74) is -7.11. The Hall–Kier alpha value is -8.99. The van der Waals surface area contributed by atoms with E-state index in [-0.39, 0.29) is 6.61 Å². The first kappa shape index (κ1) is 63.0. The molecule has 0 aliphatic heterocycles. The second kappa shape index (κ2) is 32.8. The van der Waals surface area contributed by atoms with Crippen molar-refractivity contribution in [3.8, 4) is 0 Å². The number of esters is 11. The van der Waals surface area contributed by atoms with E-state index in [1.807, 2.05) is 0 Å². The molecule has 23 heteroatoms. The fourth-order valence-corrected chi connectivity index (χ4v) is 5.26. The molecule has 0 radical (unpaired) electrons. The number of carbonyl (C=O) groups excluding carboxylic acids is 11. The van der Waals surface area contributed by atoms with E-state index in [2.05, 4.69) is 59.2 Å². The SMILES string of the molecule is C=CCOCC(COC(=O)C=C)(COC(=O)C=C)COC(=O)c1cc(C(=O)OCC(COC(=O)C=C)(COC(=O)C=C)COC(=O)C=C)cc(C(=O)OCC(COC(=O)C=C)(COC(=O)C=C)COC(=O)C=C)c1. The smallest absolute Gasteiger partial charge is 0.338 e. The normalized spacial score (nSPS) is 10.6. The van der Waals surface area contributed by atoms with Crippen LogP contribution in [-0.2, 0) is 95.2 Å². The van der Waals surface area contributed by atoms with Crippen molar-refractivity contribution in [1.29, 1.82) is 0 Å². The minimum absolute atomic E-state index is 0.0765. The molecule has 0 saturated heterocycles. The molecule has 1 aromatic rings. The van der Waals surface area contributed by atoms with Crippen molar-refractivity contribution in [1.82, 2.24) is 0 Å². The molecule has 0 spiro atoms. The molecule has 1 aromatic carbocycles. The number of ether oxygens (including phenoxy) is 12. The first-order valence-electron chi connectivity index (χ1n) is 21.4. The average molecular weight is 1040 g/mol. The molecule has 398 valence electrons. The molecule has 74 heavy (non-hydrogen) atoms. The van der Waals surface area contributed by atoms with E-state index in [0.29, 0.717) is 0 Å². The average Bonchev–Trinajstić information content (AvgIpc) is 3.42. The molecule has 0 heterocycles. The summed E-state index contributed by atoms with van der Waals surface area (Å²) >= 11 is 0. The van der Waals surface area contributed by atoms with Gasteiger partial charge in [0.1, 0.15) is 83.5 Å². The van der Waals surface area contributed by atoms with Gasteiger partial charge in [0.2, 0.25) is 0 Å². The van der Waals surface area contributed by atoms with E-state index >= 15 is 0 Å². The maximum Gasteiger partial charge on any atom is 0.338 e. The number of rotatable bonds is 37. The van der Waals surface area contributed by atoms with Gasteiger partial charge in [-0.2, -0.15) is 0 Å². The molecule has 1 rings (SSSR count). The van der Waals surface area contributed by atoms with Crippen LogP contribution >= 0.6 is 0 Å². The van der Waals surface area contributed by atoms with Crippen LogP contribution in [0.4, 0.5) is 0 Å². The van der Waals surface area contributed by atoms with Gasteiger partial charge in [-0.05, 0) is 18.2 Å². The molecule has 0 aliphatic rings. The summed E-state index contributed by atoms with van der Waals surface area (Å²) in [6.07, 6.45) is 7.75. The predicted octanol–water partition coefficient (Wildman–Crippen LogP) is 3.15. The Balaban J connectivity index is 4.09. The highest BCUT2D eigenvalue weighted by Crippen LogP contribution is 2.27. The zero-order valence-corrected chi connectivity index (χ0v) is 40.4. The van der Waals surface area contributed by atoms with Crippen molar-refractivity contribution in [3.05, 3.63) is 149 Å². The molecule has 0 fully saturated rings. The molecule has 0 N–H and O–H groups in total. The first-order chi connectivity index (χ1) is 35.2. The molecule has 0 aromatic heterocycles. The lowest BCUT2D eigenvalue weighted by Crippen LogP contribution is -2.44. The van der Waals surface area contributed by atoms with E-state index in [0.717, 1.165) is 66.8 Å². The summed E-state index contributed by atoms with van der Waals surface area (Å²) < 4.78 is 63.8. The fraction of sp³-hybridized carbons (Fsp3) is 0.314. The Morgan fingerprint density at radius 2 is 0.473 bits per heavy atom. The zero-order chi connectivity index (χ0) is 55.7. The van der Waals surface area contributed by atoms with E-state index in [9.17, 15) is 52.7 Å².